The average molecular weight is 445 g/mol. The summed E-state index contributed by atoms with van der Waals surface area (Å²) in [5, 5.41) is 7.30. The molecule has 158 valence electrons. The monoisotopic (exact) mass is 444 g/mol. The van der Waals surface area contributed by atoms with Crippen molar-refractivity contribution in [3.63, 3.8) is 0 Å². The number of amides is 1. The molecule has 0 aliphatic rings. The van der Waals surface area contributed by atoms with Gasteiger partial charge in [-0.3, -0.25) is 9.88 Å². The van der Waals surface area contributed by atoms with E-state index in [1.165, 1.54) is 16.2 Å². The van der Waals surface area contributed by atoms with E-state index in [1.807, 2.05) is 45.9 Å². The molecule has 0 atom stereocenters. The van der Waals surface area contributed by atoms with Crippen LogP contribution in [0.4, 0.5) is 15.6 Å². The van der Waals surface area contributed by atoms with Crippen LogP contribution < -0.4 is 15.5 Å². The van der Waals surface area contributed by atoms with Crippen molar-refractivity contribution in [2.75, 3.05) is 23.8 Å². The van der Waals surface area contributed by atoms with Crippen LogP contribution in [-0.4, -0.2) is 45.4 Å². The van der Waals surface area contributed by atoms with Crippen molar-refractivity contribution >= 4 is 56.7 Å². The van der Waals surface area contributed by atoms with Gasteiger partial charge in [0.25, 0.3) is 0 Å². The topological polar surface area (TPSA) is 92.3 Å². The maximum atomic E-state index is 12.3. The Morgan fingerprint density at radius 3 is 2.70 bits per heavy atom. The van der Waals surface area contributed by atoms with E-state index in [0.29, 0.717) is 27.8 Å². The van der Waals surface area contributed by atoms with Crippen molar-refractivity contribution in [3.05, 3.63) is 30.5 Å². The van der Waals surface area contributed by atoms with Crippen molar-refractivity contribution in [2.24, 2.45) is 0 Å². The highest BCUT2D eigenvalue weighted by Gasteiger charge is 2.22. The lowest BCUT2D eigenvalue weighted by Gasteiger charge is -2.23. The third-order valence-electron chi connectivity index (χ3n) is 3.83. The number of thiophene rings is 1. The highest BCUT2D eigenvalue weighted by Crippen LogP contribution is 2.33. The van der Waals surface area contributed by atoms with Crippen LogP contribution in [0.3, 0.4) is 0 Å². The fraction of sp³-hybridized carbons (Fsp3) is 0.350. The number of rotatable bonds is 4. The smallest absolute Gasteiger partial charge is 0.415 e. The quantitative estimate of drug-likeness (QED) is 0.571. The lowest BCUT2D eigenvalue weighted by atomic mass is 10.2. The molecule has 10 heteroatoms. The van der Waals surface area contributed by atoms with Crippen molar-refractivity contribution in [1.82, 2.24) is 20.3 Å². The number of pyridine rings is 1. The molecule has 0 saturated heterocycles. The fourth-order valence-corrected chi connectivity index (χ4v) is 3.63. The Kier molecular flexibility index (Phi) is 6.47. The predicted octanol–water partition coefficient (Wildman–Crippen LogP) is 4.43. The largest absolute Gasteiger partial charge is 0.443 e. The van der Waals surface area contributed by atoms with Gasteiger partial charge in [-0.1, -0.05) is 0 Å². The van der Waals surface area contributed by atoms with Crippen LogP contribution in [0.2, 0.25) is 0 Å². The van der Waals surface area contributed by atoms with Crippen LogP contribution in [0.15, 0.2) is 30.5 Å². The minimum Gasteiger partial charge on any atom is -0.443 e. The Morgan fingerprint density at radius 1 is 1.23 bits per heavy atom. The zero-order valence-electron chi connectivity index (χ0n) is 17.5. The van der Waals surface area contributed by atoms with Gasteiger partial charge >= 0.3 is 6.09 Å². The summed E-state index contributed by atoms with van der Waals surface area (Å²) in [5.74, 6) is 0.594. The maximum Gasteiger partial charge on any atom is 0.415 e. The zero-order valence-corrected chi connectivity index (χ0v) is 19.1. The molecule has 2 N–H and O–H groups in total. The van der Waals surface area contributed by atoms with Crippen LogP contribution in [0.5, 0.6) is 0 Å². The number of nitrogens with one attached hydrogen (secondary N) is 2. The molecule has 0 saturated carbocycles. The van der Waals surface area contributed by atoms with Gasteiger partial charge in [0.05, 0.1) is 11.1 Å². The number of aromatic nitrogens is 3. The molecule has 3 rings (SSSR count). The van der Waals surface area contributed by atoms with Gasteiger partial charge in [0.1, 0.15) is 27.6 Å². The van der Waals surface area contributed by atoms with Gasteiger partial charge in [-0.05, 0) is 64.2 Å². The number of hydrogen-bond acceptors (Lipinski definition) is 7. The van der Waals surface area contributed by atoms with Crippen LogP contribution in [0.1, 0.15) is 27.7 Å². The van der Waals surface area contributed by atoms with Crippen LogP contribution in [-0.2, 0) is 4.74 Å². The molecule has 3 aromatic rings. The number of fused-ring (bicyclic) bond motifs is 1. The molecule has 0 unspecified atom stereocenters. The second kappa shape index (κ2) is 8.88. The Balaban J connectivity index is 1.83. The van der Waals surface area contributed by atoms with Gasteiger partial charge in [-0.15, -0.1) is 11.3 Å². The lowest BCUT2D eigenvalue weighted by molar-refractivity contribution is 0.0590. The zero-order chi connectivity index (χ0) is 21.9. The van der Waals surface area contributed by atoms with Crippen molar-refractivity contribution in [2.45, 2.75) is 33.3 Å². The van der Waals surface area contributed by atoms with E-state index in [2.05, 4.69) is 25.6 Å². The first-order valence-electron chi connectivity index (χ1n) is 9.42. The maximum absolute atomic E-state index is 12.3. The first-order chi connectivity index (χ1) is 14.2. The first kappa shape index (κ1) is 21.8. The van der Waals surface area contributed by atoms with Gasteiger partial charge < -0.3 is 15.4 Å². The van der Waals surface area contributed by atoms with Crippen molar-refractivity contribution in [1.29, 1.82) is 0 Å². The molecule has 0 radical (unpaired) electrons. The summed E-state index contributed by atoms with van der Waals surface area (Å²) in [6.45, 7) is 8.20. The van der Waals surface area contributed by atoms with Crippen LogP contribution in [0.25, 0.3) is 21.7 Å². The number of thiocarbonyl (C=S) groups is 1. The summed E-state index contributed by atoms with van der Waals surface area (Å²) in [5.41, 5.74) is 1.31. The third-order valence-corrected chi connectivity index (χ3v) is 5.26. The summed E-state index contributed by atoms with van der Waals surface area (Å²) < 4.78 is 5.42. The summed E-state index contributed by atoms with van der Waals surface area (Å²) in [6.07, 6.45) is 1.29. The summed E-state index contributed by atoms with van der Waals surface area (Å²) in [6, 6.07) is 7.40. The molecule has 8 nitrogen and oxygen atoms in total. The van der Waals surface area contributed by atoms with E-state index in [4.69, 9.17) is 17.0 Å². The summed E-state index contributed by atoms with van der Waals surface area (Å²) >= 11 is 6.63. The van der Waals surface area contributed by atoms with Crippen LogP contribution >= 0.6 is 23.6 Å². The molecule has 30 heavy (non-hydrogen) atoms. The van der Waals surface area contributed by atoms with Gasteiger partial charge in [0, 0.05) is 13.6 Å². The van der Waals surface area contributed by atoms with E-state index >= 15 is 0 Å². The second-order valence-corrected chi connectivity index (χ2v) is 8.93. The lowest BCUT2D eigenvalue weighted by Crippen LogP contribution is -2.33. The van der Waals surface area contributed by atoms with E-state index in [1.54, 1.807) is 19.3 Å². The molecule has 3 aromatic heterocycles. The molecule has 0 bridgehead atoms. The van der Waals surface area contributed by atoms with Crippen molar-refractivity contribution < 1.29 is 9.53 Å². The first-order valence-corrected chi connectivity index (χ1v) is 10.6. The van der Waals surface area contributed by atoms with Gasteiger partial charge in [-0.25, -0.2) is 14.8 Å². The Hall–Kier alpha value is -2.85. The molecular weight excluding hydrogens is 420 g/mol. The number of carbonyl (C=O) groups is 1. The molecule has 0 aliphatic heterocycles. The number of nitrogens with zero attached hydrogens (tertiary/aromatic N) is 4. The molecule has 0 spiro atoms. The molecule has 1 amide bonds. The number of carbonyl (C=O) groups excluding carboxylic acids is 1. The molecule has 0 fully saturated rings. The minimum atomic E-state index is -0.554. The van der Waals surface area contributed by atoms with E-state index in [9.17, 15) is 4.79 Å². The van der Waals surface area contributed by atoms with Gasteiger partial charge in [-0.2, -0.15) is 0 Å². The molecular formula is C20H24N6O2S2. The molecule has 3 heterocycles. The van der Waals surface area contributed by atoms with Crippen molar-refractivity contribution in [3.8, 4) is 10.6 Å². The Bertz CT molecular complexity index is 1080. The van der Waals surface area contributed by atoms with Crippen LogP contribution in [0, 0.1) is 0 Å². The predicted molar refractivity (Wildman–Crippen MR) is 125 cm³/mol. The van der Waals surface area contributed by atoms with E-state index in [0.717, 1.165) is 16.4 Å². The highest BCUT2D eigenvalue weighted by molar-refractivity contribution is 7.80. The molecule has 0 aliphatic carbocycles. The SMILES string of the molecule is CCNC(=S)Nc1ccc2ncc(-c3ccc(N(C)C(=O)OC(C)(C)C)s3)nc2n1. The Labute approximate surface area is 184 Å². The van der Waals surface area contributed by atoms with Gasteiger partial charge in [0.2, 0.25) is 0 Å². The number of hydrogen-bond donors (Lipinski definition) is 2. The number of anilines is 2. The minimum absolute atomic E-state index is 0.408. The van der Waals surface area contributed by atoms with E-state index < -0.39 is 11.7 Å². The van der Waals surface area contributed by atoms with E-state index in [-0.39, 0.29) is 0 Å². The Morgan fingerprint density at radius 2 is 2.00 bits per heavy atom. The average Bonchev–Trinajstić information content (AvgIpc) is 3.15. The standard InChI is InChI=1S/C20H24N6O2S2/c1-6-21-18(29)25-15-9-7-12-17(24-15)23-13(11-22-12)14-8-10-16(30-14)26(5)19(27)28-20(2,3)4/h7-11H,6H2,1-5H3,(H2,21,23,24,25,29). The summed E-state index contributed by atoms with van der Waals surface area (Å²) in [4.78, 5) is 28.2. The third kappa shape index (κ3) is 5.39. The van der Waals surface area contributed by atoms with Gasteiger partial charge in [0.15, 0.2) is 10.8 Å². The summed E-state index contributed by atoms with van der Waals surface area (Å²) in [7, 11) is 1.68. The second-order valence-electron chi connectivity index (χ2n) is 7.46. The highest BCUT2D eigenvalue weighted by atomic mass is 32.1. The number of ether oxygens (including phenoxy) is 1. The normalized spacial score (nSPS) is 11.2. The fourth-order valence-electron chi connectivity index (χ4n) is 2.47. The molecule has 0 aromatic carbocycles.